The normalized spacial score (nSPS) is 24.6. The molecule has 0 spiro atoms. The van der Waals surface area contributed by atoms with Crippen LogP contribution in [-0.4, -0.2) is 37.0 Å². The lowest BCUT2D eigenvalue weighted by Gasteiger charge is -2.30. The first kappa shape index (κ1) is 13.6. The number of azide groups is 1. The first-order valence-electron chi connectivity index (χ1n) is 5.54. The number of alkyl carbamates (subject to hydrolysis) is 1. The van der Waals surface area contributed by atoms with Gasteiger partial charge in [0.25, 0.3) is 0 Å². The molecule has 0 bridgehead atoms. The summed E-state index contributed by atoms with van der Waals surface area (Å²) in [4.78, 5) is 14.3. The standard InChI is InChI=1S/C10H18N4O3/c1-10(2,3)17-9(15)12-8-6-16-5-4-7(8)13-14-11/h7-8H,4-6H2,1-3H3,(H,12,15)/t7-,8-/m0/s1. The van der Waals surface area contributed by atoms with E-state index in [4.69, 9.17) is 15.0 Å². The Morgan fingerprint density at radius 3 is 2.88 bits per heavy atom. The van der Waals surface area contributed by atoms with E-state index in [9.17, 15) is 4.79 Å². The zero-order chi connectivity index (χ0) is 12.9. The third kappa shape index (κ3) is 4.93. The molecular formula is C10H18N4O3. The number of nitrogens with zero attached hydrogens (tertiary/aromatic N) is 3. The molecule has 0 aromatic carbocycles. The van der Waals surface area contributed by atoms with Crippen LogP contribution in [0.25, 0.3) is 10.4 Å². The van der Waals surface area contributed by atoms with E-state index in [0.717, 1.165) is 0 Å². The summed E-state index contributed by atoms with van der Waals surface area (Å²) in [6.07, 6.45) is 0.0796. The van der Waals surface area contributed by atoms with Crippen LogP contribution in [0.5, 0.6) is 0 Å². The molecule has 0 aromatic heterocycles. The van der Waals surface area contributed by atoms with E-state index in [1.165, 1.54) is 0 Å². The molecule has 1 heterocycles. The fraction of sp³-hybridized carbons (Fsp3) is 0.900. The Bertz CT molecular complexity index is 320. The van der Waals surface area contributed by atoms with Crippen molar-refractivity contribution in [2.75, 3.05) is 13.2 Å². The molecule has 1 aliphatic heterocycles. The molecule has 0 aromatic rings. The summed E-state index contributed by atoms with van der Waals surface area (Å²) < 4.78 is 10.4. The molecule has 0 unspecified atom stereocenters. The van der Waals surface area contributed by atoms with E-state index in [1.807, 2.05) is 0 Å². The van der Waals surface area contributed by atoms with Crippen molar-refractivity contribution in [3.63, 3.8) is 0 Å². The third-order valence-corrected chi connectivity index (χ3v) is 2.22. The van der Waals surface area contributed by atoms with Crippen molar-refractivity contribution >= 4 is 6.09 Å². The van der Waals surface area contributed by atoms with Crippen LogP contribution >= 0.6 is 0 Å². The Labute approximate surface area is 100 Å². The minimum Gasteiger partial charge on any atom is -0.444 e. The Morgan fingerprint density at radius 2 is 2.29 bits per heavy atom. The molecule has 1 saturated heterocycles. The van der Waals surface area contributed by atoms with Gasteiger partial charge in [-0.25, -0.2) is 4.79 Å². The van der Waals surface area contributed by atoms with E-state index in [-0.39, 0.29) is 12.1 Å². The van der Waals surface area contributed by atoms with Crippen LogP contribution in [0.15, 0.2) is 5.11 Å². The van der Waals surface area contributed by atoms with Crippen LogP contribution in [0.1, 0.15) is 27.2 Å². The van der Waals surface area contributed by atoms with Gasteiger partial charge in [-0.3, -0.25) is 0 Å². The quantitative estimate of drug-likeness (QED) is 0.455. The molecule has 0 radical (unpaired) electrons. The third-order valence-electron chi connectivity index (χ3n) is 2.22. The van der Waals surface area contributed by atoms with Crippen molar-refractivity contribution in [2.45, 2.75) is 44.9 Å². The molecule has 7 heteroatoms. The van der Waals surface area contributed by atoms with Gasteiger partial charge in [0, 0.05) is 11.5 Å². The molecule has 0 aliphatic carbocycles. The Hall–Kier alpha value is -1.46. The lowest BCUT2D eigenvalue weighted by Crippen LogP contribution is -2.49. The first-order valence-corrected chi connectivity index (χ1v) is 5.54. The molecule has 1 fully saturated rings. The van der Waals surface area contributed by atoms with E-state index in [2.05, 4.69) is 15.3 Å². The highest BCUT2D eigenvalue weighted by molar-refractivity contribution is 5.68. The molecule has 0 saturated carbocycles. The van der Waals surface area contributed by atoms with Gasteiger partial charge in [0.1, 0.15) is 5.60 Å². The number of carbonyl (C=O) groups excluding carboxylic acids is 1. The number of hydrogen-bond donors (Lipinski definition) is 1. The smallest absolute Gasteiger partial charge is 0.407 e. The summed E-state index contributed by atoms with van der Waals surface area (Å²) in [6.45, 7) is 6.23. The molecule has 96 valence electrons. The average Bonchev–Trinajstić information content (AvgIpc) is 2.18. The molecule has 1 N–H and O–H groups in total. The van der Waals surface area contributed by atoms with Gasteiger partial charge in [-0.15, -0.1) is 0 Å². The predicted molar refractivity (Wildman–Crippen MR) is 61.5 cm³/mol. The first-order chi connectivity index (χ1) is 7.92. The Balaban J connectivity index is 2.53. The summed E-state index contributed by atoms with van der Waals surface area (Å²) in [6, 6.07) is -0.601. The topological polar surface area (TPSA) is 96.3 Å². The second-order valence-corrected chi connectivity index (χ2v) is 4.89. The minimum absolute atomic E-state index is 0.277. The van der Waals surface area contributed by atoms with Crippen molar-refractivity contribution in [3.05, 3.63) is 10.4 Å². The lowest BCUT2D eigenvalue weighted by atomic mass is 10.1. The van der Waals surface area contributed by atoms with Gasteiger partial charge in [-0.1, -0.05) is 5.11 Å². The number of nitrogens with one attached hydrogen (secondary N) is 1. The number of amides is 1. The minimum atomic E-state index is -0.548. The second-order valence-electron chi connectivity index (χ2n) is 4.89. The fourth-order valence-electron chi connectivity index (χ4n) is 1.53. The van der Waals surface area contributed by atoms with Gasteiger partial charge in [-0.2, -0.15) is 0 Å². The van der Waals surface area contributed by atoms with E-state index in [1.54, 1.807) is 20.8 Å². The SMILES string of the molecule is CC(C)(C)OC(=O)N[C@H]1COCC[C@@H]1N=[N+]=[N-]. The van der Waals surface area contributed by atoms with Crippen molar-refractivity contribution in [1.29, 1.82) is 0 Å². The van der Waals surface area contributed by atoms with Crippen LogP contribution in [0, 0.1) is 0 Å². The maximum atomic E-state index is 11.6. The summed E-state index contributed by atoms with van der Waals surface area (Å²) in [5, 5.41) is 6.30. The number of hydrogen-bond acceptors (Lipinski definition) is 4. The predicted octanol–water partition coefficient (Wildman–Crippen LogP) is 1.98. The Kier molecular flexibility index (Phi) is 4.60. The zero-order valence-electron chi connectivity index (χ0n) is 10.3. The molecule has 7 nitrogen and oxygen atoms in total. The van der Waals surface area contributed by atoms with E-state index >= 15 is 0 Å². The number of rotatable bonds is 2. The number of carbonyl (C=O) groups is 1. The van der Waals surface area contributed by atoms with Gasteiger partial charge in [-0.05, 0) is 32.7 Å². The highest BCUT2D eigenvalue weighted by Gasteiger charge is 2.28. The van der Waals surface area contributed by atoms with Gasteiger partial charge in [0.15, 0.2) is 0 Å². The van der Waals surface area contributed by atoms with Crippen molar-refractivity contribution in [1.82, 2.24) is 5.32 Å². The highest BCUT2D eigenvalue weighted by Crippen LogP contribution is 2.13. The van der Waals surface area contributed by atoms with Gasteiger partial charge < -0.3 is 14.8 Å². The maximum absolute atomic E-state index is 11.6. The highest BCUT2D eigenvalue weighted by atomic mass is 16.6. The van der Waals surface area contributed by atoms with Crippen LogP contribution in [-0.2, 0) is 9.47 Å². The Morgan fingerprint density at radius 1 is 1.59 bits per heavy atom. The van der Waals surface area contributed by atoms with E-state index < -0.39 is 11.7 Å². The van der Waals surface area contributed by atoms with Crippen molar-refractivity contribution in [3.8, 4) is 0 Å². The molecule has 2 atom stereocenters. The van der Waals surface area contributed by atoms with Crippen LogP contribution in [0.3, 0.4) is 0 Å². The monoisotopic (exact) mass is 242 g/mol. The van der Waals surface area contributed by atoms with Gasteiger partial charge >= 0.3 is 6.09 Å². The average molecular weight is 242 g/mol. The van der Waals surface area contributed by atoms with Crippen molar-refractivity contribution in [2.24, 2.45) is 5.11 Å². The maximum Gasteiger partial charge on any atom is 0.407 e. The van der Waals surface area contributed by atoms with Gasteiger partial charge in [0.05, 0.1) is 18.7 Å². The van der Waals surface area contributed by atoms with Crippen LogP contribution in [0.4, 0.5) is 4.79 Å². The molecule has 1 rings (SSSR count). The molecule has 1 amide bonds. The second kappa shape index (κ2) is 5.75. The van der Waals surface area contributed by atoms with Crippen LogP contribution in [0.2, 0.25) is 0 Å². The molecule has 1 aliphatic rings. The summed E-state index contributed by atoms with van der Waals surface area (Å²) >= 11 is 0. The molecular weight excluding hydrogens is 224 g/mol. The lowest BCUT2D eigenvalue weighted by molar-refractivity contribution is 0.0299. The van der Waals surface area contributed by atoms with Crippen molar-refractivity contribution < 1.29 is 14.3 Å². The largest absolute Gasteiger partial charge is 0.444 e. The molecule has 17 heavy (non-hydrogen) atoms. The fourth-order valence-corrected chi connectivity index (χ4v) is 1.53. The summed E-state index contributed by atoms with van der Waals surface area (Å²) in [5.74, 6) is 0. The van der Waals surface area contributed by atoms with E-state index in [0.29, 0.717) is 19.6 Å². The zero-order valence-corrected chi connectivity index (χ0v) is 10.3. The van der Waals surface area contributed by atoms with Crippen LogP contribution < -0.4 is 5.32 Å². The summed E-state index contributed by atoms with van der Waals surface area (Å²) in [5.41, 5.74) is 7.88. The van der Waals surface area contributed by atoms with Gasteiger partial charge in [0.2, 0.25) is 0 Å². The summed E-state index contributed by atoms with van der Waals surface area (Å²) in [7, 11) is 0. The number of ether oxygens (including phenoxy) is 2.